The molecule has 0 bridgehead atoms. The molecule has 1 aromatic rings. The van der Waals surface area contributed by atoms with Crippen LogP contribution in [0.5, 0.6) is 0 Å². The van der Waals surface area contributed by atoms with Crippen LogP contribution in [0.25, 0.3) is 0 Å². The van der Waals surface area contributed by atoms with Crippen molar-refractivity contribution in [3.63, 3.8) is 0 Å². The monoisotopic (exact) mass is 252 g/mol. The van der Waals surface area contributed by atoms with E-state index in [4.69, 9.17) is 4.74 Å². The van der Waals surface area contributed by atoms with E-state index >= 15 is 0 Å². The Labute approximate surface area is 106 Å². The van der Waals surface area contributed by atoms with Crippen LogP contribution in [0.1, 0.15) is 31.1 Å². The van der Waals surface area contributed by atoms with E-state index in [1.165, 1.54) is 18.2 Å². The van der Waals surface area contributed by atoms with Crippen LogP contribution >= 0.6 is 0 Å². The molecule has 1 atom stereocenters. The zero-order valence-corrected chi connectivity index (χ0v) is 10.8. The summed E-state index contributed by atoms with van der Waals surface area (Å²) in [6.07, 6.45) is 0. The fourth-order valence-electron chi connectivity index (χ4n) is 1.74. The van der Waals surface area contributed by atoms with Crippen LogP contribution in [-0.4, -0.2) is 18.4 Å². The average Bonchev–Trinajstić information content (AvgIpc) is 2.28. The predicted octanol–water partition coefficient (Wildman–Crippen LogP) is 2.84. The summed E-state index contributed by atoms with van der Waals surface area (Å²) in [4.78, 5) is 23.9. The van der Waals surface area contributed by atoms with Crippen molar-refractivity contribution >= 4 is 11.8 Å². The maximum atomic E-state index is 13.1. The summed E-state index contributed by atoms with van der Waals surface area (Å²) < 4.78 is 18.0. The minimum absolute atomic E-state index is 0.195. The van der Waals surface area contributed by atoms with Crippen molar-refractivity contribution in [2.75, 3.05) is 6.61 Å². The van der Waals surface area contributed by atoms with Gasteiger partial charge in [-0.2, -0.15) is 0 Å². The highest BCUT2D eigenvalue weighted by Crippen LogP contribution is 2.19. The van der Waals surface area contributed by atoms with Gasteiger partial charge in [0.25, 0.3) is 0 Å². The number of benzene rings is 1. The number of halogens is 1. The van der Waals surface area contributed by atoms with Gasteiger partial charge in [0, 0.05) is 5.56 Å². The highest BCUT2D eigenvalue weighted by Gasteiger charge is 2.31. The summed E-state index contributed by atoms with van der Waals surface area (Å²) in [5, 5.41) is 0. The Hall–Kier alpha value is -1.71. The second-order valence-electron chi connectivity index (χ2n) is 4.35. The van der Waals surface area contributed by atoms with E-state index < -0.39 is 23.5 Å². The Balaban J connectivity index is 3.00. The number of carbonyl (C=O) groups is 2. The van der Waals surface area contributed by atoms with Gasteiger partial charge >= 0.3 is 5.97 Å². The van der Waals surface area contributed by atoms with Crippen molar-refractivity contribution < 1.29 is 18.7 Å². The normalized spacial score (nSPS) is 12.3. The first-order chi connectivity index (χ1) is 8.47. The summed E-state index contributed by atoms with van der Waals surface area (Å²) in [5.74, 6) is -2.52. The molecule has 0 N–H and O–H groups in total. The lowest BCUT2D eigenvalue weighted by molar-refractivity contribution is -0.147. The van der Waals surface area contributed by atoms with E-state index in [9.17, 15) is 14.0 Å². The molecule has 3 nitrogen and oxygen atoms in total. The molecule has 0 spiro atoms. The number of ether oxygens (including phenoxy) is 1. The van der Waals surface area contributed by atoms with Gasteiger partial charge in [-0.25, -0.2) is 4.39 Å². The summed E-state index contributed by atoms with van der Waals surface area (Å²) >= 11 is 0. The number of hydrogen-bond donors (Lipinski definition) is 0. The third-order valence-electron chi connectivity index (χ3n) is 2.60. The number of hydrogen-bond acceptors (Lipinski definition) is 3. The Kier molecular flexibility index (Phi) is 5.01. The molecule has 0 saturated heterocycles. The number of esters is 1. The molecular formula is C14H17FO3. The molecule has 18 heavy (non-hydrogen) atoms. The lowest BCUT2D eigenvalue weighted by atomic mass is 9.88. The summed E-state index contributed by atoms with van der Waals surface area (Å²) in [6, 6.07) is 5.34. The molecule has 0 amide bonds. The predicted molar refractivity (Wildman–Crippen MR) is 65.7 cm³/mol. The molecule has 0 aromatic heterocycles. The van der Waals surface area contributed by atoms with Gasteiger partial charge in [0.2, 0.25) is 0 Å². The topological polar surface area (TPSA) is 43.4 Å². The van der Waals surface area contributed by atoms with Gasteiger partial charge in [-0.15, -0.1) is 0 Å². The average molecular weight is 252 g/mol. The molecule has 4 heteroatoms. The Morgan fingerprint density at radius 1 is 1.33 bits per heavy atom. The van der Waals surface area contributed by atoms with E-state index in [0.29, 0.717) is 0 Å². The second-order valence-corrected chi connectivity index (χ2v) is 4.35. The summed E-state index contributed by atoms with van der Waals surface area (Å²) in [6.45, 7) is 5.43. The molecule has 1 rings (SSSR count). The Morgan fingerprint density at radius 3 is 2.50 bits per heavy atom. The van der Waals surface area contributed by atoms with Crippen LogP contribution in [0, 0.1) is 17.7 Å². The van der Waals surface area contributed by atoms with Crippen molar-refractivity contribution in [2.24, 2.45) is 11.8 Å². The maximum Gasteiger partial charge on any atom is 0.317 e. The van der Waals surface area contributed by atoms with Crippen LogP contribution in [0.15, 0.2) is 24.3 Å². The Bertz CT molecular complexity index is 440. The minimum atomic E-state index is -0.883. The van der Waals surface area contributed by atoms with E-state index in [-0.39, 0.29) is 18.1 Å². The lowest BCUT2D eigenvalue weighted by Crippen LogP contribution is -2.30. The highest BCUT2D eigenvalue weighted by molar-refractivity contribution is 6.08. The SMILES string of the molecule is CCOC(=O)C(C(=O)c1cccc(F)c1)C(C)C. The third kappa shape index (κ3) is 3.39. The molecule has 98 valence electrons. The zero-order chi connectivity index (χ0) is 13.7. The highest BCUT2D eigenvalue weighted by atomic mass is 19.1. The quantitative estimate of drug-likeness (QED) is 0.460. The van der Waals surface area contributed by atoms with Gasteiger partial charge in [-0.3, -0.25) is 9.59 Å². The van der Waals surface area contributed by atoms with Crippen molar-refractivity contribution in [3.8, 4) is 0 Å². The summed E-state index contributed by atoms with van der Waals surface area (Å²) in [7, 11) is 0. The Morgan fingerprint density at radius 2 is 2.00 bits per heavy atom. The first-order valence-corrected chi connectivity index (χ1v) is 5.93. The van der Waals surface area contributed by atoms with Crippen molar-refractivity contribution in [1.82, 2.24) is 0 Å². The molecule has 0 saturated carbocycles. The third-order valence-corrected chi connectivity index (χ3v) is 2.60. The molecular weight excluding hydrogens is 235 g/mol. The van der Waals surface area contributed by atoms with Crippen LogP contribution in [-0.2, 0) is 9.53 Å². The molecule has 1 unspecified atom stereocenters. The zero-order valence-electron chi connectivity index (χ0n) is 10.8. The largest absolute Gasteiger partial charge is 0.465 e. The number of rotatable bonds is 5. The smallest absolute Gasteiger partial charge is 0.317 e. The molecule has 0 aliphatic rings. The fraction of sp³-hybridized carbons (Fsp3) is 0.429. The first-order valence-electron chi connectivity index (χ1n) is 5.93. The number of Topliss-reactive ketones (excluding diaryl/α,β-unsaturated/α-hetero) is 1. The van der Waals surface area contributed by atoms with Crippen molar-refractivity contribution in [2.45, 2.75) is 20.8 Å². The molecule has 1 aromatic carbocycles. The van der Waals surface area contributed by atoms with Gasteiger partial charge in [0.15, 0.2) is 5.78 Å². The summed E-state index contributed by atoms with van der Waals surface area (Å²) in [5.41, 5.74) is 0.196. The molecule has 0 aliphatic heterocycles. The maximum absolute atomic E-state index is 13.1. The fourth-order valence-corrected chi connectivity index (χ4v) is 1.74. The van der Waals surface area contributed by atoms with Crippen LogP contribution < -0.4 is 0 Å². The van der Waals surface area contributed by atoms with Gasteiger partial charge < -0.3 is 4.74 Å². The lowest BCUT2D eigenvalue weighted by Gasteiger charge is -2.17. The number of carbonyl (C=O) groups excluding carboxylic acids is 2. The number of ketones is 1. The standard InChI is InChI=1S/C14H17FO3/c1-4-18-14(17)12(9(2)3)13(16)10-6-5-7-11(15)8-10/h5-9,12H,4H2,1-3H3. The van der Waals surface area contributed by atoms with Crippen LogP contribution in [0.4, 0.5) is 4.39 Å². The first kappa shape index (κ1) is 14.4. The molecule has 0 fully saturated rings. The van der Waals surface area contributed by atoms with Crippen molar-refractivity contribution in [1.29, 1.82) is 0 Å². The van der Waals surface area contributed by atoms with Gasteiger partial charge in [0.05, 0.1) is 6.61 Å². The van der Waals surface area contributed by atoms with E-state index in [2.05, 4.69) is 0 Å². The van der Waals surface area contributed by atoms with E-state index in [1.54, 1.807) is 20.8 Å². The van der Waals surface area contributed by atoms with E-state index in [0.717, 1.165) is 6.07 Å². The second kappa shape index (κ2) is 6.28. The van der Waals surface area contributed by atoms with Crippen LogP contribution in [0.3, 0.4) is 0 Å². The molecule has 0 radical (unpaired) electrons. The van der Waals surface area contributed by atoms with Gasteiger partial charge in [0.1, 0.15) is 11.7 Å². The minimum Gasteiger partial charge on any atom is -0.465 e. The van der Waals surface area contributed by atoms with Gasteiger partial charge in [-0.1, -0.05) is 26.0 Å². The van der Waals surface area contributed by atoms with E-state index in [1.807, 2.05) is 0 Å². The molecule has 0 heterocycles. The molecule has 0 aliphatic carbocycles. The van der Waals surface area contributed by atoms with Crippen molar-refractivity contribution in [3.05, 3.63) is 35.6 Å². The van der Waals surface area contributed by atoms with Gasteiger partial charge in [-0.05, 0) is 25.0 Å². The van der Waals surface area contributed by atoms with Crippen LogP contribution in [0.2, 0.25) is 0 Å².